The van der Waals surface area contributed by atoms with E-state index in [2.05, 4.69) is 18.0 Å². The highest BCUT2D eigenvalue weighted by Gasteiger charge is 1.52. The Morgan fingerprint density at radius 3 is 1.50 bits per heavy atom. The van der Waals surface area contributed by atoms with Crippen molar-refractivity contribution in [3.05, 3.63) is 0 Å². The minimum atomic E-state index is -0.333. The summed E-state index contributed by atoms with van der Waals surface area (Å²) in [4.78, 5) is 0. The predicted molar refractivity (Wildman–Crippen MR) is 22.8 cm³/mol. The molecular weight excluding hydrogens is 80.1 g/mol. The Morgan fingerprint density at radius 1 is 1.50 bits per heavy atom. The molecule has 0 atom stereocenters. The maximum atomic E-state index is 6.50. The van der Waals surface area contributed by atoms with Crippen LogP contribution in [0.3, 0.4) is 0 Å². The summed E-state index contributed by atoms with van der Waals surface area (Å²) in [7, 11) is 0. The zero-order valence-corrected chi connectivity index (χ0v) is 3.18. The standard InChI is InChI=1S/CH5N3.CHN/c2-1(3)4;1-2/h(H5,2,3,4);1H. The largest absolute Gasteiger partial charge is 0.370 e. The van der Waals surface area contributed by atoms with Gasteiger partial charge in [-0.25, -0.2) is 5.26 Å². The quantitative estimate of drug-likeness (QED) is 0.260. The first-order chi connectivity index (χ1) is 2.73. The second-order valence-electron chi connectivity index (χ2n) is 0.455. The van der Waals surface area contributed by atoms with E-state index in [4.69, 9.17) is 10.7 Å². The molecule has 0 spiro atoms. The van der Waals surface area contributed by atoms with Crippen molar-refractivity contribution in [2.24, 2.45) is 11.5 Å². The monoisotopic (exact) mass is 86.1 g/mol. The summed E-state index contributed by atoms with van der Waals surface area (Å²) < 4.78 is 0. The summed E-state index contributed by atoms with van der Waals surface area (Å²) in [6, 6.07) is 0. The first-order valence-electron chi connectivity index (χ1n) is 1.09. The Bertz CT molecular complexity index is 49.8. The molecule has 0 aromatic rings. The van der Waals surface area contributed by atoms with Gasteiger partial charge in [0.15, 0.2) is 5.96 Å². The van der Waals surface area contributed by atoms with Gasteiger partial charge in [-0.3, -0.25) is 5.41 Å². The Hall–Kier alpha value is -1.24. The zero-order chi connectivity index (χ0) is 5.58. The lowest BCUT2D eigenvalue weighted by atomic mass is 11.1. The average molecular weight is 86.1 g/mol. The van der Waals surface area contributed by atoms with Crippen molar-refractivity contribution in [3.8, 4) is 6.57 Å². The SMILES string of the molecule is C#N.N=C(N)N. The van der Waals surface area contributed by atoms with Crippen molar-refractivity contribution in [3.63, 3.8) is 0 Å². The van der Waals surface area contributed by atoms with Gasteiger partial charge in [0, 0.05) is 6.57 Å². The van der Waals surface area contributed by atoms with Crippen LogP contribution < -0.4 is 11.5 Å². The van der Waals surface area contributed by atoms with Crippen LogP contribution in [0.15, 0.2) is 0 Å². The maximum Gasteiger partial charge on any atom is 0.183 e. The summed E-state index contributed by atoms with van der Waals surface area (Å²) in [6.45, 7) is 3.50. The molecule has 0 heterocycles. The summed E-state index contributed by atoms with van der Waals surface area (Å²) >= 11 is 0. The Balaban J connectivity index is 0. The van der Waals surface area contributed by atoms with Gasteiger partial charge in [0.1, 0.15) is 0 Å². The minimum absolute atomic E-state index is 0.333. The van der Waals surface area contributed by atoms with Crippen LogP contribution in [0.4, 0.5) is 0 Å². The second kappa shape index (κ2) is 9.25. The smallest absolute Gasteiger partial charge is 0.183 e. The predicted octanol–water partition coefficient (Wildman–Crippen LogP) is -1.02. The average Bonchev–Trinajstić information content (AvgIpc) is 1.41. The highest BCUT2D eigenvalue weighted by Crippen LogP contribution is 1.13. The van der Waals surface area contributed by atoms with Crippen molar-refractivity contribution in [1.29, 1.82) is 10.7 Å². The lowest BCUT2D eigenvalue weighted by Gasteiger charge is -1.69. The van der Waals surface area contributed by atoms with Crippen LogP contribution in [-0.2, 0) is 0 Å². The summed E-state index contributed by atoms with van der Waals surface area (Å²) in [6.07, 6.45) is 0. The maximum absolute atomic E-state index is 6.50. The molecule has 4 heteroatoms. The first-order valence-corrected chi connectivity index (χ1v) is 1.09. The fourth-order valence-electron chi connectivity index (χ4n) is 0. The molecule has 0 bridgehead atoms. The number of rotatable bonds is 0. The Labute approximate surface area is 35.9 Å². The van der Waals surface area contributed by atoms with E-state index in [0.29, 0.717) is 0 Å². The molecule has 0 aliphatic carbocycles. The second-order valence-corrected chi connectivity index (χ2v) is 0.455. The molecule has 0 saturated heterocycles. The molecule has 0 radical (unpaired) electrons. The molecule has 6 heavy (non-hydrogen) atoms. The van der Waals surface area contributed by atoms with Crippen molar-refractivity contribution in [2.75, 3.05) is 0 Å². The molecule has 0 aromatic heterocycles. The Morgan fingerprint density at radius 2 is 1.50 bits per heavy atom. The van der Waals surface area contributed by atoms with Crippen molar-refractivity contribution in [2.45, 2.75) is 0 Å². The third-order valence-electron chi connectivity index (χ3n) is 0. The van der Waals surface area contributed by atoms with Gasteiger partial charge in [-0.05, 0) is 0 Å². The molecule has 0 saturated carbocycles. The van der Waals surface area contributed by atoms with E-state index in [-0.39, 0.29) is 5.96 Å². The van der Waals surface area contributed by atoms with Crippen LogP contribution in [0, 0.1) is 17.2 Å². The molecule has 0 amide bonds. The van der Waals surface area contributed by atoms with Gasteiger partial charge < -0.3 is 11.5 Å². The van der Waals surface area contributed by atoms with Crippen LogP contribution in [-0.4, -0.2) is 5.96 Å². The molecule has 0 unspecified atom stereocenters. The number of nitriles is 1. The fourth-order valence-corrected chi connectivity index (χ4v) is 0. The number of nitrogens with zero attached hydrogens (tertiary/aromatic N) is 1. The normalized spacial score (nSPS) is 4.33. The van der Waals surface area contributed by atoms with Gasteiger partial charge in [0.2, 0.25) is 0 Å². The van der Waals surface area contributed by atoms with Crippen molar-refractivity contribution < 1.29 is 0 Å². The fraction of sp³-hybridized carbons (Fsp3) is 0. The van der Waals surface area contributed by atoms with Gasteiger partial charge in [0.25, 0.3) is 0 Å². The molecule has 0 aliphatic heterocycles. The number of nitrogens with one attached hydrogen (secondary N) is 1. The summed E-state index contributed by atoms with van der Waals surface area (Å²) in [5.74, 6) is -0.333. The Kier molecular flexibility index (Phi) is 13.6. The van der Waals surface area contributed by atoms with Crippen LogP contribution >= 0.6 is 0 Å². The van der Waals surface area contributed by atoms with Crippen molar-refractivity contribution in [1.82, 2.24) is 0 Å². The van der Waals surface area contributed by atoms with Gasteiger partial charge in [0.05, 0.1) is 0 Å². The number of hydrogen-bond acceptors (Lipinski definition) is 2. The van der Waals surface area contributed by atoms with Gasteiger partial charge in [-0.1, -0.05) is 0 Å². The van der Waals surface area contributed by atoms with Gasteiger partial charge in [-0.2, -0.15) is 0 Å². The highest BCUT2D eigenvalue weighted by molar-refractivity contribution is 5.71. The van der Waals surface area contributed by atoms with Gasteiger partial charge in [-0.15, -0.1) is 0 Å². The van der Waals surface area contributed by atoms with E-state index in [1.54, 1.807) is 0 Å². The van der Waals surface area contributed by atoms with Crippen LogP contribution in [0.1, 0.15) is 0 Å². The zero-order valence-electron chi connectivity index (χ0n) is 3.18. The number of hydrogen-bond donors (Lipinski definition) is 3. The topological polar surface area (TPSA) is 99.7 Å². The first kappa shape index (κ1) is 8.83. The van der Waals surface area contributed by atoms with E-state index >= 15 is 0 Å². The molecule has 0 aromatic carbocycles. The lowest BCUT2D eigenvalue weighted by molar-refractivity contribution is 1.39. The number of nitrogens with two attached hydrogens (primary N) is 2. The van der Waals surface area contributed by atoms with E-state index < -0.39 is 0 Å². The van der Waals surface area contributed by atoms with Crippen molar-refractivity contribution >= 4 is 5.96 Å². The van der Waals surface area contributed by atoms with E-state index in [9.17, 15) is 0 Å². The lowest BCUT2D eigenvalue weighted by Crippen LogP contribution is -2.20. The molecule has 5 N–H and O–H groups in total. The van der Waals surface area contributed by atoms with Gasteiger partial charge >= 0.3 is 0 Å². The minimum Gasteiger partial charge on any atom is -0.370 e. The summed E-state index contributed by atoms with van der Waals surface area (Å²) in [5.41, 5.74) is 8.94. The molecule has 0 fully saturated rings. The molecule has 34 valence electrons. The third-order valence-corrected chi connectivity index (χ3v) is 0. The molecule has 0 rings (SSSR count). The van der Waals surface area contributed by atoms with Crippen LogP contribution in [0.2, 0.25) is 0 Å². The number of guanidine groups is 1. The third kappa shape index (κ3) is 5.56. The van der Waals surface area contributed by atoms with E-state index in [1.807, 2.05) is 0 Å². The van der Waals surface area contributed by atoms with Crippen LogP contribution in [0.5, 0.6) is 0 Å². The van der Waals surface area contributed by atoms with Crippen LogP contribution in [0.25, 0.3) is 0 Å². The molecule has 4 nitrogen and oxygen atoms in total. The molecular formula is C2H6N4. The summed E-state index contributed by atoms with van der Waals surface area (Å²) in [5, 5.41) is 12.6. The highest BCUT2D eigenvalue weighted by atomic mass is 14.9. The van der Waals surface area contributed by atoms with E-state index in [1.165, 1.54) is 0 Å². The van der Waals surface area contributed by atoms with E-state index in [0.717, 1.165) is 0 Å². The molecule has 0 aliphatic rings.